The van der Waals surface area contributed by atoms with Gasteiger partial charge in [-0.15, -0.1) is 0 Å². The van der Waals surface area contributed by atoms with Gasteiger partial charge in [-0.1, -0.05) is 100 Å². The molecule has 0 heterocycles. The highest BCUT2D eigenvalue weighted by atomic mass is 14.7. The molecule has 0 radical (unpaired) electrons. The molecular formula is C43H56. The van der Waals surface area contributed by atoms with E-state index in [1.807, 2.05) is 0 Å². The maximum Gasteiger partial charge on any atom is 0.0264 e. The summed E-state index contributed by atoms with van der Waals surface area (Å²) >= 11 is 0. The summed E-state index contributed by atoms with van der Waals surface area (Å²) in [5.41, 5.74) is 9.67. The second-order valence-electron chi connectivity index (χ2n) is 16.3. The van der Waals surface area contributed by atoms with Crippen LogP contribution >= 0.6 is 0 Å². The summed E-state index contributed by atoms with van der Waals surface area (Å²) in [6, 6.07) is 20.8. The third-order valence-electron chi connectivity index (χ3n) is 14.0. The Kier molecular flexibility index (Phi) is 7.72. The summed E-state index contributed by atoms with van der Waals surface area (Å²) < 4.78 is 0. The summed E-state index contributed by atoms with van der Waals surface area (Å²) in [5.74, 6) is 7.08. The minimum Gasteiger partial charge on any atom is -0.0807 e. The van der Waals surface area contributed by atoms with E-state index in [2.05, 4.69) is 74.5 Å². The first-order valence-electron chi connectivity index (χ1n) is 18.7. The van der Waals surface area contributed by atoms with Crippen LogP contribution in [0.5, 0.6) is 0 Å². The molecule has 2 aromatic rings. The van der Waals surface area contributed by atoms with E-state index in [0.717, 1.165) is 47.3 Å². The molecule has 228 valence electrons. The minimum atomic E-state index is 0.144. The largest absolute Gasteiger partial charge is 0.0807 e. The first-order chi connectivity index (χ1) is 21.1. The van der Waals surface area contributed by atoms with Gasteiger partial charge in [0, 0.05) is 5.41 Å². The number of rotatable bonds is 6. The Balaban J connectivity index is 1.31. The van der Waals surface area contributed by atoms with Crippen molar-refractivity contribution in [2.75, 3.05) is 0 Å². The van der Waals surface area contributed by atoms with E-state index in [1.165, 1.54) is 114 Å². The predicted molar refractivity (Wildman–Crippen MR) is 183 cm³/mol. The third kappa shape index (κ3) is 4.84. The summed E-state index contributed by atoms with van der Waals surface area (Å²) in [5, 5.41) is 0. The molecular weight excluding hydrogens is 516 g/mol. The molecule has 6 atom stereocenters. The van der Waals surface area contributed by atoms with Gasteiger partial charge < -0.3 is 0 Å². The zero-order valence-corrected chi connectivity index (χ0v) is 27.2. The van der Waals surface area contributed by atoms with Crippen LogP contribution in [0.3, 0.4) is 0 Å². The molecule has 0 N–H and O–H groups in total. The lowest BCUT2D eigenvalue weighted by molar-refractivity contribution is 0.0867. The van der Waals surface area contributed by atoms with Gasteiger partial charge in [-0.3, -0.25) is 0 Å². The van der Waals surface area contributed by atoms with Gasteiger partial charge in [-0.05, 0) is 158 Å². The molecule has 4 fully saturated rings. The van der Waals surface area contributed by atoms with E-state index < -0.39 is 0 Å². The normalized spacial score (nSPS) is 34.6. The van der Waals surface area contributed by atoms with Crippen molar-refractivity contribution in [2.45, 2.75) is 122 Å². The molecule has 0 aliphatic heterocycles. The highest BCUT2D eigenvalue weighted by molar-refractivity contribution is 5.69. The molecule has 6 aliphatic rings. The van der Waals surface area contributed by atoms with Crippen molar-refractivity contribution in [3.63, 3.8) is 0 Å². The van der Waals surface area contributed by atoms with Crippen LogP contribution in [-0.2, 0) is 5.41 Å². The smallest absolute Gasteiger partial charge is 0.0264 e. The van der Waals surface area contributed by atoms with Gasteiger partial charge in [0.05, 0.1) is 0 Å². The van der Waals surface area contributed by atoms with Crippen LogP contribution in [0.2, 0.25) is 0 Å². The summed E-state index contributed by atoms with van der Waals surface area (Å²) in [4.78, 5) is 0. The van der Waals surface area contributed by atoms with Gasteiger partial charge in [0.15, 0.2) is 0 Å². The van der Waals surface area contributed by atoms with Crippen LogP contribution in [0, 0.1) is 47.3 Å². The molecule has 0 aromatic heterocycles. The molecule has 0 nitrogen and oxygen atoms in total. The van der Waals surface area contributed by atoms with Crippen LogP contribution in [0.4, 0.5) is 0 Å². The fourth-order valence-corrected chi connectivity index (χ4v) is 12.2. The first kappa shape index (κ1) is 28.4. The van der Waals surface area contributed by atoms with Crippen LogP contribution in [0.15, 0.2) is 60.7 Å². The molecule has 2 aromatic carbocycles. The monoisotopic (exact) mass is 572 g/mol. The average Bonchev–Trinajstić information content (AvgIpc) is 3.87. The molecule has 0 amide bonds. The lowest BCUT2D eigenvalue weighted by atomic mass is 9.52. The van der Waals surface area contributed by atoms with E-state index in [4.69, 9.17) is 0 Å². The Morgan fingerprint density at radius 1 is 0.512 bits per heavy atom. The molecule has 6 aliphatic carbocycles. The highest BCUT2D eigenvalue weighted by Crippen LogP contribution is 2.67. The lowest BCUT2D eigenvalue weighted by Gasteiger charge is -2.51. The maximum absolute atomic E-state index is 2.65. The third-order valence-corrected chi connectivity index (χ3v) is 14.0. The standard InChI is InChI=1S/C43H56/c1-29-15-25-38-40(27-29)41-28-30(2)16-26-39(41)42(38)43(35-13-7-8-14-35,36-21-17-33(18-22-36)31-9-3-4-10-31)37-23-19-34(20-24-37)32-11-5-6-12-32/h9,11,17-24,29-30,35,38-42H,3-8,10,12-16,25-28H2,1-2H3. The van der Waals surface area contributed by atoms with Crippen molar-refractivity contribution in [2.24, 2.45) is 47.3 Å². The zero-order valence-electron chi connectivity index (χ0n) is 27.2. The average molecular weight is 573 g/mol. The van der Waals surface area contributed by atoms with Crippen molar-refractivity contribution in [3.8, 4) is 0 Å². The number of hydrogen-bond donors (Lipinski definition) is 0. The molecule has 4 saturated carbocycles. The molecule has 0 saturated heterocycles. The number of allylic oxidation sites excluding steroid dienone is 4. The topological polar surface area (TPSA) is 0 Å². The lowest BCUT2D eigenvalue weighted by Crippen LogP contribution is -2.48. The Bertz CT molecular complexity index is 1240. The van der Waals surface area contributed by atoms with E-state index in [9.17, 15) is 0 Å². The van der Waals surface area contributed by atoms with Gasteiger partial charge in [-0.25, -0.2) is 0 Å². The van der Waals surface area contributed by atoms with E-state index in [0.29, 0.717) is 0 Å². The van der Waals surface area contributed by atoms with Gasteiger partial charge in [0.1, 0.15) is 0 Å². The van der Waals surface area contributed by atoms with E-state index in [1.54, 1.807) is 22.3 Å². The molecule has 0 bridgehead atoms. The Hall–Kier alpha value is -2.08. The Labute approximate surface area is 262 Å². The summed E-state index contributed by atoms with van der Waals surface area (Å²) in [6.45, 7) is 5.14. The minimum absolute atomic E-state index is 0.144. The van der Waals surface area contributed by atoms with Gasteiger partial charge in [0.25, 0.3) is 0 Å². The fraction of sp³-hybridized carbons (Fsp3) is 0.628. The Morgan fingerprint density at radius 2 is 0.977 bits per heavy atom. The second kappa shape index (κ2) is 11.7. The number of benzene rings is 2. The summed E-state index contributed by atoms with van der Waals surface area (Å²) in [7, 11) is 0. The summed E-state index contributed by atoms with van der Waals surface area (Å²) in [6.07, 6.45) is 27.2. The van der Waals surface area contributed by atoms with Crippen molar-refractivity contribution < 1.29 is 0 Å². The number of hydrogen-bond acceptors (Lipinski definition) is 0. The van der Waals surface area contributed by atoms with Crippen molar-refractivity contribution in [3.05, 3.63) is 82.9 Å². The molecule has 0 heteroatoms. The fourth-order valence-electron chi connectivity index (χ4n) is 12.2. The van der Waals surface area contributed by atoms with Crippen LogP contribution < -0.4 is 0 Å². The quantitative estimate of drug-likeness (QED) is 0.323. The Morgan fingerprint density at radius 3 is 1.40 bits per heavy atom. The van der Waals surface area contributed by atoms with Crippen LogP contribution in [-0.4, -0.2) is 0 Å². The van der Waals surface area contributed by atoms with Gasteiger partial charge in [0.2, 0.25) is 0 Å². The molecule has 43 heavy (non-hydrogen) atoms. The van der Waals surface area contributed by atoms with E-state index in [-0.39, 0.29) is 5.41 Å². The zero-order chi connectivity index (χ0) is 29.0. The van der Waals surface area contributed by atoms with Gasteiger partial charge >= 0.3 is 0 Å². The van der Waals surface area contributed by atoms with Crippen LogP contribution in [0.25, 0.3) is 11.1 Å². The molecule has 6 unspecified atom stereocenters. The predicted octanol–water partition coefficient (Wildman–Crippen LogP) is 12.0. The van der Waals surface area contributed by atoms with Crippen molar-refractivity contribution in [1.29, 1.82) is 0 Å². The molecule has 0 spiro atoms. The molecule has 8 rings (SSSR count). The maximum atomic E-state index is 2.65. The van der Waals surface area contributed by atoms with Crippen molar-refractivity contribution in [1.82, 2.24) is 0 Å². The number of fused-ring (bicyclic) bond motifs is 3. The van der Waals surface area contributed by atoms with E-state index >= 15 is 0 Å². The van der Waals surface area contributed by atoms with Crippen LogP contribution in [0.1, 0.15) is 139 Å². The highest BCUT2D eigenvalue weighted by Gasteiger charge is 2.62. The second-order valence-corrected chi connectivity index (χ2v) is 16.3. The first-order valence-corrected chi connectivity index (χ1v) is 18.7. The van der Waals surface area contributed by atoms with Crippen molar-refractivity contribution >= 4 is 11.1 Å². The SMILES string of the molecule is CC1CCC2C(C1)C1CC(C)CCC1C2C(c1ccc(C2=CCCC2)cc1)(c1ccc(C2=CCCC2)cc1)C1CCCC1. The van der Waals surface area contributed by atoms with Gasteiger partial charge in [-0.2, -0.15) is 0 Å².